The number of likely N-dealkylation sites (tertiary alicyclic amines) is 1. The molecule has 1 aliphatic heterocycles. The lowest BCUT2D eigenvalue weighted by molar-refractivity contribution is -0.149. The van der Waals surface area contributed by atoms with Crippen LogP contribution in [0.2, 0.25) is 0 Å². The summed E-state index contributed by atoms with van der Waals surface area (Å²) in [6.07, 6.45) is 2.35. The number of amides is 1. The predicted octanol–water partition coefficient (Wildman–Crippen LogP) is 5.63. The number of nitrogens with zero attached hydrogens (tertiary/aromatic N) is 2. The van der Waals surface area contributed by atoms with Crippen molar-refractivity contribution in [3.63, 3.8) is 0 Å². The molecule has 3 N–H and O–H groups in total. The summed E-state index contributed by atoms with van der Waals surface area (Å²) >= 11 is 0. The molecule has 0 aliphatic carbocycles. The van der Waals surface area contributed by atoms with Gasteiger partial charge in [0.15, 0.2) is 21.4 Å². The molecule has 0 saturated carbocycles. The SMILES string of the molecule is CCOC(=O)[C@H]1CCN(C(=O)[C@H](Nc2ccc3c(N)nccc3c2)c2cc(CC)cc(OC)c2F)[C@H]1c1ccccc1S(=O)(=O)CC. The first kappa shape index (κ1) is 33.6. The quantitative estimate of drug-likeness (QED) is 0.196. The van der Waals surface area contributed by atoms with Gasteiger partial charge in [0.25, 0.3) is 0 Å². The van der Waals surface area contributed by atoms with E-state index in [0.29, 0.717) is 28.9 Å². The lowest BCUT2D eigenvalue weighted by atomic mass is 9.92. The molecular weight excluding hydrogens is 623 g/mol. The summed E-state index contributed by atoms with van der Waals surface area (Å²) in [5.74, 6) is -2.48. The number of hydrogen-bond acceptors (Lipinski definition) is 9. The van der Waals surface area contributed by atoms with Crippen LogP contribution in [0.25, 0.3) is 10.8 Å². The van der Waals surface area contributed by atoms with Crippen LogP contribution >= 0.6 is 0 Å². The normalized spacial score (nSPS) is 17.0. The van der Waals surface area contributed by atoms with Gasteiger partial charge in [-0.2, -0.15) is 0 Å². The highest BCUT2D eigenvalue weighted by molar-refractivity contribution is 7.91. The van der Waals surface area contributed by atoms with Crippen molar-refractivity contribution in [1.82, 2.24) is 9.88 Å². The van der Waals surface area contributed by atoms with Crippen LogP contribution in [0, 0.1) is 11.7 Å². The van der Waals surface area contributed by atoms with E-state index in [2.05, 4.69) is 10.3 Å². The van der Waals surface area contributed by atoms with Gasteiger partial charge in [-0.05, 0) is 72.7 Å². The molecule has 47 heavy (non-hydrogen) atoms. The molecule has 3 aromatic carbocycles. The van der Waals surface area contributed by atoms with E-state index in [0.717, 1.165) is 10.9 Å². The molecule has 12 heteroatoms. The first-order valence-corrected chi connectivity index (χ1v) is 17.3. The number of aromatic nitrogens is 1. The standard InChI is InChI=1S/C35H39FN4O6S/c1-5-21-18-27(30(36)28(19-21)45-4)31(39-23-12-13-24-22(20-23)14-16-38-33(24)37)34(41)40-17-15-26(35(42)46-6-2)32(40)25-10-8-9-11-29(25)47(43,44)7-3/h8-14,16,18-20,26,31-32,39H,5-7,15,17H2,1-4H3,(H2,37,38)/t26-,31+,32-/m0/s1. The predicted molar refractivity (Wildman–Crippen MR) is 178 cm³/mol. The molecule has 10 nitrogen and oxygen atoms in total. The molecule has 5 rings (SSSR count). The van der Waals surface area contributed by atoms with Crippen LogP contribution in [-0.4, -0.2) is 56.2 Å². The number of aryl methyl sites for hydroxylation is 1. The molecule has 1 aliphatic rings. The van der Waals surface area contributed by atoms with Crippen LogP contribution in [0.1, 0.15) is 56.0 Å². The number of rotatable bonds is 11. The molecule has 1 saturated heterocycles. The maximum Gasteiger partial charge on any atom is 0.311 e. The number of nitrogen functional groups attached to an aromatic ring is 1. The van der Waals surface area contributed by atoms with Crippen molar-refractivity contribution in [2.75, 3.05) is 37.1 Å². The Hall–Kier alpha value is -4.71. The van der Waals surface area contributed by atoms with E-state index < -0.39 is 45.5 Å². The van der Waals surface area contributed by atoms with E-state index in [1.807, 2.05) is 6.92 Å². The Kier molecular flexibility index (Phi) is 9.99. The average molecular weight is 663 g/mol. The third-order valence-electron chi connectivity index (χ3n) is 8.64. The molecule has 1 aromatic heterocycles. The molecule has 1 amide bonds. The van der Waals surface area contributed by atoms with Gasteiger partial charge in [-0.1, -0.05) is 38.1 Å². The van der Waals surface area contributed by atoms with E-state index in [9.17, 15) is 18.0 Å². The molecule has 248 valence electrons. The lowest BCUT2D eigenvalue weighted by Crippen LogP contribution is -2.40. The number of benzene rings is 3. The number of fused-ring (bicyclic) bond motifs is 1. The van der Waals surface area contributed by atoms with Crippen LogP contribution in [0.4, 0.5) is 15.9 Å². The second kappa shape index (κ2) is 14.0. The van der Waals surface area contributed by atoms with E-state index >= 15 is 4.39 Å². The number of methoxy groups -OCH3 is 1. The number of pyridine rings is 1. The van der Waals surface area contributed by atoms with Gasteiger partial charge >= 0.3 is 5.97 Å². The van der Waals surface area contributed by atoms with E-state index in [1.54, 1.807) is 67.7 Å². The maximum atomic E-state index is 16.2. The van der Waals surface area contributed by atoms with Gasteiger partial charge in [0.2, 0.25) is 5.91 Å². The fourth-order valence-electron chi connectivity index (χ4n) is 6.22. The average Bonchev–Trinajstić information content (AvgIpc) is 3.53. The summed E-state index contributed by atoms with van der Waals surface area (Å²) in [5.41, 5.74) is 7.67. The van der Waals surface area contributed by atoms with Crippen molar-refractivity contribution in [3.8, 4) is 5.75 Å². The number of hydrogen-bond donors (Lipinski definition) is 2. The number of carbonyl (C=O) groups is 2. The van der Waals surface area contributed by atoms with Crippen LogP contribution in [0.3, 0.4) is 0 Å². The minimum Gasteiger partial charge on any atom is -0.494 e. The fourth-order valence-corrected chi connectivity index (χ4v) is 7.37. The van der Waals surface area contributed by atoms with Gasteiger partial charge in [0.1, 0.15) is 11.9 Å². The third-order valence-corrected chi connectivity index (χ3v) is 10.4. The Balaban J connectivity index is 1.68. The fraction of sp³-hybridized carbons (Fsp3) is 0.343. The van der Waals surface area contributed by atoms with Crippen molar-refractivity contribution < 1.29 is 31.9 Å². The second-order valence-corrected chi connectivity index (χ2v) is 13.6. The highest BCUT2D eigenvalue weighted by atomic mass is 32.2. The first-order valence-electron chi connectivity index (χ1n) is 15.6. The van der Waals surface area contributed by atoms with Crippen LogP contribution < -0.4 is 15.8 Å². The van der Waals surface area contributed by atoms with Crippen LogP contribution in [0.5, 0.6) is 5.75 Å². The molecular formula is C35H39FN4O6S. The Labute approximate surface area is 274 Å². The van der Waals surface area contributed by atoms with Gasteiger partial charge in [-0.3, -0.25) is 9.59 Å². The summed E-state index contributed by atoms with van der Waals surface area (Å²) in [5, 5.41) is 4.72. The topological polar surface area (TPSA) is 141 Å². The van der Waals surface area contributed by atoms with Gasteiger partial charge in [0, 0.05) is 29.4 Å². The Morgan fingerprint density at radius 2 is 1.87 bits per heavy atom. The molecule has 0 spiro atoms. The van der Waals surface area contributed by atoms with Gasteiger partial charge < -0.3 is 25.4 Å². The number of sulfone groups is 1. The zero-order valence-corrected chi connectivity index (χ0v) is 27.6. The largest absolute Gasteiger partial charge is 0.494 e. The van der Waals surface area contributed by atoms with Crippen molar-refractivity contribution in [2.45, 2.75) is 50.6 Å². The molecule has 2 heterocycles. The highest BCUT2D eigenvalue weighted by Crippen LogP contribution is 2.43. The zero-order valence-electron chi connectivity index (χ0n) is 26.8. The van der Waals surface area contributed by atoms with Crippen molar-refractivity contribution in [2.24, 2.45) is 5.92 Å². The summed E-state index contributed by atoms with van der Waals surface area (Å²) < 4.78 is 53.5. The minimum atomic E-state index is -3.74. The number of halogens is 1. The first-order chi connectivity index (χ1) is 22.5. The van der Waals surface area contributed by atoms with E-state index in [1.165, 1.54) is 25.0 Å². The number of anilines is 2. The van der Waals surface area contributed by atoms with Crippen molar-refractivity contribution >= 4 is 44.0 Å². The highest BCUT2D eigenvalue weighted by Gasteiger charge is 2.46. The zero-order chi connectivity index (χ0) is 33.9. The summed E-state index contributed by atoms with van der Waals surface area (Å²) in [6, 6.07) is 14.4. The summed E-state index contributed by atoms with van der Waals surface area (Å²) in [7, 11) is -2.38. The maximum absolute atomic E-state index is 16.2. The molecule has 4 aromatic rings. The number of ether oxygens (including phenoxy) is 2. The van der Waals surface area contributed by atoms with E-state index in [-0.39, 0.29) is 41.5 Å². The van der Waals surface area contributed by atoms with Gasteiger partial charge in [-0.15, -0.1) is 0 Å². The number of nitrogens with one attached hydrogen (secondary N) is 1. The Bertz CT molecular complexity index is 1920. The van der Waals surface area contributed by atoms with E-state index in [4.69, 9.17) is 15.2 Å². The van der Waals surface area contributed by atoms with Gasteiger partial charge in [-0.25, -0.2) is 17.8 Å². The van der Waals surface area contributed by atoms with Crippen molar-refractivity contribution in [3.05, 3.63) is 89.4 Å². The molecule has 0 bridgehead atoms. The molecule has 0 radical (unpaired) electrons. The van der Waals surface area contributed by atoms with Crippen LogP contribution in [0.15, 0.2) is 71.8 Å². The lowest BCUT2D eigenvalue weighted by Gasteiger charge is -2.33. The van der Waals surface area contributed by atoms with Crippen molar-refractivity contribution in [1.29, 1.82) is 0 Å². The van der Waals surface area contributed by atoms with Crippen LogP contribution in [-0.2, 0) is 30.6 Å². The van der Waals surface area contributed by atoms with Gasteiger partial charge in [0.05, 0.1) is 36.3 Å². The second-order valence-electron chi connectivity index (χ2n) is 11.3. The monoisotopic (exact) mass is 662 g/mol. The summed E-state index contributed by atoms with van der Waals surface area (Å²) in [4.78, 5) is 33.8. The summed E-state index contributed by atoms with van der Waals surface area (Å²) in [6.45, 7) is 5.36. The smallest absolute Gasteiger partial charge is 0.311 e. The Morgan fingerprint density at radius 1 is 1.11 bits per heavy atom. The molecule has 1 fully saturated rings. The third kappa shape index (κ3) is 6.60. The number of esters is 1. The Morgan fingerprint density at radius 3 is 2.57 bits per heavy atom. The molecule has 3 atom stereocenters. The number of carbonyl (C=O) groups excluding carboxylic acids is 2. The number of nitrogens with two attached hydrogens (primary N) is 1. The minimum absolute atomic E-state index is 0.0157. The molecule has 0 unspecified atom stereocenters.